The van der Waals surface area contributed by atoms with Gasteiger partial charge in [-0.3, -0.25) is 9.59 Å². The first-order chi connectivity index (χ1) is 11.1. The van der Waals surface area contributed by atoms with E-state index >= 15 is 0 Å². The fourth-order valence-corrected chi connectivity index (χ4v) is 3.44. The van der Waals surface area contributed by atoms with Crippen LogP contribution in [0.4, 0.5) is 0 Å². The molecule has 0 aliphatic carbocycles. The highest BCUT2D eigenvalue weighted by atomic mass is 32.2. The summed E-state index contributed by atoms with van der Waals surface area (Å²) in [7, 11) is 0. The fraction of sp³-hybridized carbons (Fsp3) is 0.222. The van der Waals surface area contributed by atoms with Gasteiger partial charge >= 0.3 is 0 Å². The monoisotopic (exact) mass is 326 g/mol. The van der Waals surface area contributed by atoms with Crippen molar-refractivity contribution in [2.75, 3.05) is 0 Å². The Bertz CT molecular complexity index is 698. The van der Waals surface area contributed by atoms with E-state index in [1.54, 1.807) is 36.0 Å². The number of imide groups is 1. The number of thioether (sulfide) groups is 1. The molecule has 0 spiro atoms. The molecule has 0 saturated carbocycles. The molecule has 3 rings (SSSR count). The Labute approximate surface area is 139 Å². The number of carbonyl (C=O) groups is 2. The zero-order chi connectivity index (χ0) is 16.4. The van der Waals surface area contributed by atoms with Crippen molar-refractivity contribution < 1.29 is 9.59 Å². The molecule has 0 fully saturated rings. The average molecular weight is 326 g/mol. The fourth-order valence-electron chi connectivity index (χ4n) is 2.43. The van der Waals surface area contributed by atoms with E-state index in [0.29, 0.717) is 11.1 Å². The Hall–Kier alpha value is -2.11. The molecule has 0 unspecified atom stereocenters. The molecule has 2 aromatic carbocycles. The van der Waals surface area contributed by atoms with E-state index in [2.05, 4.69) is 24.5 Å². The van der Waals surface area contributed by atoms with Crippen LogP contribution < -0.4 is 5.43 Å². The first-order valence-corrected chi connectivity index (χ1v) is 8.41. The highest BCUT2D eigenvalue weighted by Gasteiger charge is 2.36. The maximum absolute atomic E-state index is 12.4. The van der Waals surface area contributed by atoms with Gasteiger partial charge in [-0.05, 0) is 31.2 Å². The third-order valence-electron chi connectivity index (χ3n) is 3.90. The van der Waals surface area contributed by atoms with Crippen LogP contribution in [0.3, 0.4) is 0 Å². The molecular weight excluding hydrogens is 308 g/mol. The minimum absolute atomic E-state index is 0.0394. The van der Waals surface area contributed by atoms with Crippen molar-refractivity contribution >= 4 is 23.6 Å². The molecule has 4 nitrogen and oxygen atoms in total. The summed E-state index contributed by atoms with van der Waals surface area (Å²) in [5.74, 6) is -0.566. The van der Waals surface area contributed by atoms with Crippen molar-refractivity contribution in [3.8, 4) is 0 Å². The second kappa shape index (κ2) is 6.56. The number of nitrogens with zero attached hydrogens (tertiary/aromatic N) is 1. The summed E-state index contributed by atoms with van der Waals surface area (Å²) in [5, 5.41) is 1.33. The molecule has 2 atom stereocenters. The molecular formula is C18H18N2O2S. The first-order valence-electron chi connectivity index (χ1n) is 7.53. The van der Waals surface area contributed by atoms with Gasteiger partial charge in [0.2, 0.25) is 0 Å². The SMILES string of the molecule is C[C@H](NN1C(=O)c2ccccc2C1=O)[C@@H](C)Sc1ccccc1. The van der Waals surface area contributed by atoms with Gasteiger partial charge in [0.1, 0.15) is 0 Å². The lowest BCUT2D eigenvalue weighted by molar-refractivity contribution is 0.0539. The molecule has 0 radical (unpaired) electrons. The van der Waals surface area contributed by atoms with Crippen LogP contribution in [0.25, 0.3) is 0 Å². The lowest BCUT2D eigenvalue weighted by Crippen LogP contribution is -2.49. The van der Waals surface area contributed by atoms with Crippen molar-refractivity contribution in [2.24, 2.45) is 0 Å². The molecule has 118 valence electrons. The summed E-state index contributed by atoms with van der Waals surface area (Å²) in [6.45, 7) is 4.05. The molecule has 2 aromatic rings. The van der Waals surface area contributed by atoms with Crippen LogP contribution in [0.15, 0.2) is 59.5 Å². The topological polar surface area (TPSA) is 49.4 Å². The number of hydrogen-bond acceptors (Lipinski definition) is 4. The van der Waals surface area contributed by atoms with Gasteiger partial charge in [0, 0.05) is 16.2 Å². The highest BCUT2D eigenvalue weighted by Crippen LogP contribution is 2.26. The maximum Gasteiger partial charge on any atom is 0.276 e. The summed E-state index contributed by atoms with van der Waals surface area (Å²) >= 11 is 1.71. The standard InChI is InChI=1S/C18H18N2O2S/c1-12(13(2)23-14-8-4-3-5-9-14)19-20-17(21)15-10-6-7-11-16(15)18(20)22/h3-13,19H,1-2H3/t12-,13+/m0/s1. The summed E-state index contributed by atoms with van der Waals surface area (Å²) in [6, 6.07) is 16.9. The summed E-state index contributed by atoms with van der Waals surface area (Å²) in [6.07, 6.45) is 0. The van der Waals surface area contributed by atoms with Crippen LogP contribution >= 0.6 is 11.8 Å². The lowest BCUT2D eigenvalue weighted by atomic mass is 10.1. The molecule has 0 aromatic heterocycles. The van der Waals surface area contributed by atoms with E-state index in [-0.39, 0.29) is 23.1 Å². The van der Waals surface area contributed by atoms with Gasteiger partial charge in [0.15, 0.2) is 0 Å². The summed E-state index contributed by atoms with van der Waals surface area (Å²) < 4.78 is 0. The number of hydrazine groups is 1. The smallest absolute Gasteiger partial charge is 0.267 e. The Kier molecular flexibility index (Phi) is 4.50. The van der Waals surface area contributed by atoms with Crippen molar-refractivity contribution in [1.29, 1.82) is 0 Å². The molecule has 1 aliphatic heterocycles. The van der Waals surface area contributed by atoms with Crippen LogP contribution in [0.2, 0.25) is 0 Å². The van der Waals surface area contributed by atoms with Crippen LogP contribution in [-0.4, -0.2) is 28.1 Å². The van der Waals surface area contributed by atoms with E-state index in [1.807, 2.05) is 25.1 Å². The first kappa shape index (κ1) is 15.8. The Balaban J connectivity index is 1.68. The van der Waals surface area contributed by atoms with E-state index < -0.39 is 0 Å². The Morgan fingerprint density at radius 1 is 0.870 bits per heavy atom. The van der Waals surface area contributed by atoms with E-state index in [1.165, 1.54) is 0 Å². The van der Waals surface area contributed by atoms with Crippen molar-refractivity contribution in [1.82, 2.24) is 10.4 Å². The molecule has 5 heteroatoms. The number of amides is 2. The third-order valence-corrected chi connectivity index (χ3v) is 5.22. The highest BCUT2D eigenvalue weighted by molar-refractivity contribution is 8.00. The molecule has 2 amide bonds. The normalized spacial score (nSPS) is 16.3. The van der Waals surface area contributed by atoms with Crippen molar-refractivity contribution in [3.05, 3.63) is 65.7 Å². The van der Waals surface area contributed by atoms with E-state index in [0.717, 1.165) is 9.90 Å². The minimum atomic E-state index is -0.283. The molecule has 1 N–H and O–H groups in total. The average Bonchev–Trinajstić information content (AvgIpc) is 2.81. The van der Waals surface area contributed by atoms with Gasteiger partial charge in [0.25, 0.3) is 11.8 Å². The van der Waals surface area contributed by atoms with Gasteiger partial charge < -0.3 is 0 Å². The second-order valence-corrected chi connectivity index (χ2v) is 7.00. The van der Waals surface area contributed by atoms with Crippen LogP contribution in [0, 0.1) is 0 Å². The maximum atomic E-state index is 12.4. The number of benzene rings is 2. The van der Waals surface area contributed by atoms with Crippen LogP contribution in [-0.2, 0) is 0 Å². The largest absolute Gasteiger partial charge is 0.276 e. The summed E-state index contributed by atoms with van der Waals surface area (Å²) in [4.78, 5) is 25.9. The van der Waals surface area contributed by atoms with Gasteiger partial charge in [-0.25, -0.2) is 10.4 Å². The molecule has 1 heterocycles. The minimum Gasteiger partial charge on any atom is -0.267 e. The molecule has 0 bridgehead atoms. The van der Waals surface area contributed by atoms with Gasteiger partial charge in [-0.15, -0.1) is 11.8 Å². The number of carbonyl (C=O) groups excluding carboxylic acids is 2. The third kappa shape index (κ3) is 3.16. The number of nitrogens with one attached hydrogen (secondary N) is 1. The quantitative estimate of drug-likeness (QED) is 0.676. The number of rotatable bonds is 5. The van der Waals surface area contributed by atoms with Crippen LogP contribution in [0.5, 0.6) is 0 Å². The molecule has 0 saturated heterocycles. The van der Waals surface area contributed by atoms with Gasteiger partial charge in [0.05, 0.1) is 11.1 Å². The van der Waals surface area contributed by atoms with Gasteiger partial charge in [-0.1, -0.05) is 37.3 Å². The zero-order valence-electron chi connectivity index (χ0n) is 13.0. The van der Waals surface area contributed by atoms with Crippen molar-refractivity contribution in [2.45, 2.75) is 30.0 Å². The van der Waals surface area contributed by atoms with E-state index in [9.17, 15) is 9.59 Å². The zero-order valence-corrected chi connectivity index (χ0v) is 13.8. The molecule has 23 heavy (non-hydrogen) atoms. The van der Waals surface area contributed by atoms with Crippen LogP contribution in [0.1, 0.15) is 34.6 Å². The Morgan fingerprint density at radius 2 is 1.39 bits per heavy atom. The van der Waals surface area contributed by atoms with Crippen molar-refractivity contribution in [3.63, 3.8) is 0 Å². The second-order valence-electron chi connectivity index (χ2n) is 5.55. The van der Waals surface area contributed by atoms with E-state index in [4.69, 9.17) is 0 Å². The molecule has 1 aliphatic rings. The predicted octanol–water partition coefficient (Wildman–Crippen LogP) is 3.36. The predicted molar refractivity (Wildman–Crippen MR) is 91.3 cm³/mol. The summed E-state index contributed by atoms with van der Waals surface area (Å²) in [5.41, 5.74) is 3.98. The lowest BCUT2D eigenvalue weighted by Gasteiger charge is -2.25. The Morgan fingerprint density at radius 3 is 1.96 bits per heavy atom. The van der Waals surface area contributed by atoms with Gasteiger partial charge in [-0.2, -0.15) is 0 Å². The number of fused-ring (bicyclic) bond motifs is 1. The number of hydrogen-bond donors (Lipinski definition) is 1.